The Morgan fingerprint density at radius 1 is 1.26 bits per heavy atom. The van der Waals surface area contributed by atoms with Crippen LogP contribution in [0.3, 0.4) is 0 Å². The number of ether oxygens (including phenoxy) is 2. The smallest absolute Gasteiger partial charge is 0.247 e. The summed E-state index contributed by atoms with van der Waals surface area (Å²) in [6.07, 6.45) is 3.36. The number of nitrogens with zero attached hydrogens (tertiary/aromatic N) is 1. The first-order valence-electron chi connectivity index (χ1n) is 12.7. The van der Waals surface area contributed by atoms with E-state index in [1.54, 1.807) is 24.3 Å². The molecule has 2 aromatic carbocycles. The average molecular weight is 539 g/mol. The van der Waals surface area contributed by atoms with E-state index in [1.807, 2.05) is 6.92 Å². The van der Waals surface area contributed by atoms with E-state index >= 15 is 0 Å². The molecule has 0 aromatic heterocycles. The maximum atomic E-state index is 14.6. The number of benzene rings is 2. The number of allylic oxidation sites excluding steroid dienone is 1. The second-order valence-electron chi connectivity index (χ2n) is 9.27. The van der Waals surface area contributed by atoms with Gasteiger partial charge in [-0.1, -0.05) is 31.2 Å². The third-order valence-corrected chi connectivity index (χ3v) is 6.85. The van der Waals surface area contributed by atoms with Gasteiger partial charge in [-0.25, -0.2) is 4.39 Å². The molecular weight excluding hydrogens is 507 g/mol. The topological polar surface area (TPSA) is 125 Å². The zero-order chi connectivity index (χ0) is 28.1. The highest BCUT2D eigenvalue weighted by molar-refractivity contribution is 5.97. The van der Waals surface area contributed by atoms with Crippen molar-refractivity contribution in [3.63, 3.8) is 0 Å². The number of aldehydes is 1. The minimum atomic E-state index is -1.33. The monoisotopic (exact) mass is 538 g/mol. The Hall–Kier alpha value is -4.02. The highest BCUT2D eigenvalue weighted by Crippen LogP contribution is 2.51. The van der Waals surface area contributed by atoms with Crippen molar-refractivity contribution in [2.75, 3.05) is 20.3 Å². The highest BCUT2D eigenvalue weighted by atomic mass is 19.1. The van der Waals surface area contributed by atoms with Crippen molar-refractivity contribution in [2.45, 2.75) is 44.1 Å². The number of amides is 2. The van der Waals surface area contributed by atoms with Crippen LogP contribution >= 0.6 is 0 Å². The summed E-state index contributed by atoms with van der Waals surface area (Å²) in [5.74, 6) is -1.80. The maximum Gasteiger partial charge on any atom is 0.247 e. The number of aliphatic hydroxyl groups excluding tert-OH is 2. The van der Waals surface area contributed by atoms with E-state index in [4.69, 9.17) is 9.47 Å². The van der Waals surface area contributed by atoms with Crippen LogP contribution in [0.1, 0.15) is 40.7 Å². The molecule has 0 saturated carbocycles. The lowest BCUT2D eigenvalue weighted by Gasteiger charge is -2.40. The molecule has 4 rings (SSSR count). The van der Waals surface area contributed by atoms with Crippen LogP contribution in [0, 0.1) is 5.82 Å². The SMILES string of the molecule is CCC=CC(=O)N(Cc1ccccc1F)[C@@H]1C=C(C(=O)NCCO)[C@@H]2c3cc(C=O)cc(OC)c3O[C@@H]2[C@H]1O. The Labute approximate surface area is 225 Å². The normalized spacial score (nSPS) is 21.4. The van der Waals surface area contributed by atoms with Gasteiger partial charge < -0.3 is 29.9 Å². The van der Waals surface area contributed by atoms with Gasteiger partial charge >= 0.3 is 0 Å². The van der Waals surface area contributed by atoms with Crippen molar-refractivity contribution >= 4 is 18.1 Å². The summed E-state index contributed by atoms with van der Waals surface area (Å²) in [7, 11) is 1.41. The number of rotatable bonds is 10. The predicted molar refractivity (Wildman–Crippen MR) is 140 cm³/mol. The molecule has 0 saturated heterocycles. The number of methoxy groups -OCH3 is 1. The summed E-state index contributed by atoms with van der Waals surface area (Å²) >= 11 is 0. The molecule has 2 amide bonds. The number of hydrogen-bond donors (Lipinski definition) is 3. The molecule has 4 atom stereocenters. The molecule has 10 heteroatoms. The molecule has 2 aliphatic rings. The van der Waals surface area contributed by atoms with E-state index in [0.717, 1.165) is 0 Å². The van der Waals surface area contributed by atoms with Gasteiger partial charge in [0.05, 0.1) is 25.7 Å². The first-order valence-corrected chi connectivity index (χ1v) is 12.7. The van der Waals surface area contributed by atoms with Crippen LogP contribution in [0.25, 0.3) is 0 Å². The molecular formula is C29H31FN2O7. The van der Waals surface area contributed by atoms with E-state index in [2.05, 4.69) is 5.32 Å². The van der Waals surface area contributed by atoms with Gasteiger partial charge in [-0.05, 0) is 36.8 Å². The molecule has 39 heavy (non-hydrogen) atoms. The van der Waals surface area contributed by atoms with E-state index in [1.165, 1.54) is 42.4 Å². The largest absolute Gasteiger partial charge is 0.493 e. The van der Waals surface area contributed by atoms with Crippen molar-refractivity contribution < 1.29 is 38.5 Å². The Kier molecular flexibility index (Phi) is 8.78. The first kappa shape index (κ1) is 28.0. The van der Waals surface area contributed by atoms with Crippen molar-refractivity contribution in [1.82, 2.24) is 10.2 Å². The van der Waals surface area contributed by atoms with Crippen molar-refractivity contribution in [1.29, 1.82) is 0 Å². The van der Waals surface area contributed by atoms with Crippen LogP contribution in [0.4, 0.5) is 4.39 Å². The summed E-state index contributed by atoms with van der Waals surface area (Å²) in [5, 5.41) is 23.5. The van der Waals surface area contributed by atoms with Gasteiger partial charge in [0, 0.05) is 35.4 Å². The molecule has 0 spiro atoms. The lowest BCUT2D eigenvalue weighted by molar-refractivity contribution is -0.133. The molecule has 0 fully saturated rings. The molecule has 1 heterocycles. The maximum absolute atomic E-state index is 14.6. The van der Waals surface area contributed by atoms with Crippen LogP contribution in [0.15, 0.2) is 60.2 Å². The second kappa shape index (κ2) is 12.2. The lowest BCUT2D eigenvalue weighted by atomic mass is 9.77. The minimum absolute atomic E-state index is 0.0245. The van der Waals surface area contributed by atoms with Gasteiger partial charge in [-0.2, -0.15) is 0 Å². The number of nitrogens with one attached hydrogen (secondary N) is 1. The molecule has 2 aromatic rings. The quantitative estimate of drug-likeness (QED) is 0.313. The molecule has 0 radical (unpaired) electrons. The van der Waals surface area contributed by atoms with Crippen LogP contribution < -0.4 is 14.8 Å². The van der Waals surface area contributed by atoms with E-state index in [0.29, 0.717) is 23.8 Å². The number of fused-ring (bicyclic) bond motifs is 3. The van der Waals surface area contributed by atoms with E-state index in [-0.39, 0.29) is 42.3 Å². The van der Waals surface area contributed by atoms with Gasteiger partial charge in [-0.15, -0.1) is 0 Å². The second-order valence-corrected chi connectivity index (χ2v) is 9.27. The molecule has 206 valence electrons. The van der Waals surface area contributed by atoms with Gasteiger partial charge in [0.2, 0.25) is 11.8 Å². The third-order valence-electron chi connectivity index (χ3n) is 6.85. The summed E-state index contributed by atoms with van der Waals surface area (Å²) in [6.45, 7) is 1.36. The molecule has 1 aliphatic carbocycles. The fraction of sp³-hybridized carbons (Fsp3) is 0.345. The summed E-state index contributed by atoms with van der Waals surface area (Å²) in [4.78, 5) is 39.6. The fourth-order valence-electron chi connectivity index (χ4n) is 5.01. The van der Waals surface area contributed by atoms with Gasteiger partial charge in [-0.3, -0.25) is 14.4 Å². The lowest BCUT2D eigenvalue weighted by Crippen LogP contribution is -2.55. The van der Waals surface area contributed by atoms with E-state index in [9.17, 15) is 29.0 Å². The predicted octanol–water partition coefficient (Wildman–Crippen LogP) is 2.26. The van der Waals surface area contributed by atoms with Crippen molar-refractivity contribution in [3.8, 4) is 11.5 Å². The average Bonchev–Trinajstić information content (AvgIpc) is 3.34. The number of halogens is 1. The molecule has 1 aliphatic heterocycles. The van der Waals surface area contributed by atoms with Gasteiger partial charge in [0.15, 0.2) is 11.5 Å². The Morgan fingerprint density at radius 3 is 2.69 bits per heavy atom. The van der Waals surface area contributed by atoms with Crippen molar-refractivity contribution in [3.05, 3.63) is 82.7 Å². The number of carbonyl (C=O) groups excluding carboxylic acids is 3. The number of aliphatic hydroxyl groups is 2. The van der Waals surface area contributed by atoms with Crippen LogP contribution in [0.5, 0.6) is 11.5 Å². The van der Waals surface area contributed by atoms with E-state index < -0.39 is 41.8 Å². The zero-order valence-electron chi connectivity index (χ0n) is 21.7. The zero-order valence-corrected chi connectivity index (χ0v) is 21.7. The Balaban J connectivity index is 1.84. The molecule has 3 N–H and O–H groups in total. The summed E-state index contributed by atoms with van der Waals surface area (Å²) in [6, 6.07) is 8.01. The van der Waals surface area contributed by atoms with Crippen molar-refractivity contribution in [2.24, 2.45) is 0 Å². The highest BCUT2D eigenvalue weighted by Gasteiger charge is 2.51. The number of hydrogen-bond acceptors (Lipinski definition) is 7. The van der Waals surface area contributed by atoms with Crippen LogP contribution in [-0.2, 0) is 16.1 Å². The fourth-order valence-corrected chi connectivity index (χ4v) is 5.01. The molecule has 0 bridgehead atoms. The molecule has 9 nitrogen and oxygen atoms in total. The molecule has 0 unspecified atom stereocenters. The third kappa shape index (κ3) is 5.57. The van der Waals surface area contributed by atoms with Gasteiger partial charge in [0.1, 0.15) is 24.3 Å². The standard InChI is InChI=1S/C29H31FN2O7/c1-3-4-9-24(35)32(15-18-7-5-6-8-21(18)30)22-14-20(29(37)31-10-11-33)25-19-12-17(16-34)13-23(38-2)27(19)39-28(25)26(22)36/h4-9,12-14,16,22,25-26,28,33,36H,3,10-11,15H2,1-2H3,(H,31,37)/t22-,25+,26+,28+/m1/s1. The Morgan fingerprint density at radius 2 is 2.03 bits per heavy atom. The van der Waals surface area contributed by atoms with Crippen LogP contribution in [0.2, 0.25) is 0 Å². The van der Waals surface area contributed by atoms with Gasteiger partial charge in [0.25, 0.3) is 0 Å². The van der Waals surface area contributed by atoms with Crippen LogP contribution in [-0.4, -0.2) is 71.7 Å². The Bertz CT molecular complexity index is 1310. The summed E-state index contributed by atoms with van der Waals surface area (Å²) < 4.78 is 26.2. The minimum Gasteiger partial charge on any atom is -0.493 e. The summed E-state index contributed by atoms with van der Waals surface area (Å²) in [5.41, 5.74) is 1.18. The number of carbonyl (C=O) groups is 3. The first-order chi connectivity index (χ1) is 18.8.